The number of hydrogen-bond donors (Lipinski definition) is 2. The minimum absolute atomic E-state index is 0.0773. The monoisotopic (exact) mass is 227 g/mol. The molecule has 7 nitrogen and oxygen atoms in total. The third-order valence-corrected chi connectivity index (χ3v) is 1.57. The Balaban J connectivity index is 2.59. The number of esters is 1. The van der Waals surface area contributed by atoms with Crippen LogP contribution in [0, 0.1) is 0 Å². The highest BCUT2D eigenvalue weighted by molar-refractivity contribution is 5.82. The van der Waals surface area contributed by atoms with E-state index in [4.69, 9.17) is 15.2 Å². The Morgan fingerprint density at radius 1 is 1.38 bits per heavy atom. The Morgan fingerprint density at radius 2 is 2.06 bits per heavy atom. The number of rotatable bonds is 5. The lowest BCUT2D eigenvalue weighted by Crippen LogP contribution is -2.23. The van der Waals surface area contributed by atoms with E-state index in [2.05, 4.69) is 4.84 Å². The van der Waals surface area contributed by atoms with Crippen molar-refractivity contribution in [1.82, 2.24) is 5.39 Å². The average Bonchev–Trinajstić information content (AvgIpc) is 2.27. The lowest BCUT2D eigenvalue weighted by molar-refractivity contribution is -0.489. The molecule has 2 N–H and O–H groups in total. The van der Waals surface area contributed by atoms with Gasteiger partial charge < -0.3 is 4.74 Å². The number of carbonyl (C=O) groups is 2. The predicted molar refractivity (Wildman–Crippen MR) is 48.8 cm³/mol. The van der Waals surface area contributed by atoms with Crippen molar-refractivity contribution in [1.29, 1.82) is 0 Å². The Morgan fingerprint density at radius 3 is 2.69 bits per heavy atom. The second-order valence-corrected chi connectivity index (χ2v) is 2.66. The largest absolute Gasteiger partial charge is 0.424 e. The van der Waals surface area contributed by atoms with Crippen molar-refractivity contribution in [3.8, 4) is 5.75 Å². The molecule has 0 saturated carbocycles. The molecule has 0 radical (unpaired) electrons. The van der Waals surface area contributed by atoms with Gasteiger partial charge in [-0.1, -0.05) is 12.1 Å². The summed E-state index contributed by atoms with van der Waals surface area (Å²) in [5, 5.41) is 15.7. The average molecular weight is 227 g/mol. The first kappa shape index (κ1) is 12.3. The highest BCUT2D eigenvalue weighted by Gasteiger charge is 2.10. The van der Waals surface area contributed by atoms with Crippen LogP contribution < -0.4 is 4.74 Å². The molecule has 0 aliphatic heterocycles. The van der Waals surface area contributed by atoms with Gasteiger partial charge in [-0.3, -0.25) is 15.2 Å². The smallest absolute Gasteiger partial charge is 0.339 e. The van der Waals surface area contributed by atoms with Gasteiger partial charge in [0.15, 0.2) is 12.9 Å². The molecule has 0 bridgehead atoms. The molecule has 1 aromatic rings. The normalized spacial score (nSPS) is 10.2. The molecule has 0 amide bonds. The third kappa shape index (κ3) is 3.75. The predicted octanol–water partition coefficient (Wildman–Crippen LogP) is 0.417. The molecule has 16 heavy (non-hydrogen) atoms. The summed E-state index contributed by atoms with van der Waals surface area (Å²) in [4.78, 5) is 25.7. The summed E-state index contributed by atoms with van der Waals surface area (Å²) in [5.74, 6) is -0.795. The van der Waals surface area contributed by atoms with Crippen molar-refractivity contribution < 1.29 is 29.6 Å². The molecule has 0 unspecified atom stereocenters. The van der Waals surface area contributed by atoms with Gasteiger partial charge in [-0.05, 0) is 12.1 Å². The van der Waals surface area contributed by atoms with Crippen LogP contribution in [0.1, 0.15) is 10.4 Å². The second-order valence-electron chi connectivity index (χ2n) is 2.66. The Labute approximate surface area is 90.3 Å². The lowest BCUT2D eigenvalue weighted by atomic mass is 10.2. The molecular formula is C9H9NO6. The molecule has 0 heterocycles. The number of hydrogen-bond acceptors (Lipinski definition) is 7. The molecule has 0 saturated heterocycles. The van der Waals surface area contributed by atoms with Crippen molar-refractivity contribution in [2.45, 2.75) is 0 Å². The van der Waals surface area contributed by atoms with E-state index >= 15 is 0 Å². The summed E-state index contributed by atoms with van der Waals surface area (Å²) in [6.45, 7) is -0.694. The van der Waals surface area contributed by atoms with E-state index in [0.29, 0.717) is 6.29 Å². The van der Waals surface area contributed by atoms with Crippen LogP contribution in [0.15, 0.2) is 24.3 Å². The maximum Gasteiger partial charge on any atom is 0.339 e. The van der Waals surface area contributed by atoms with Gasteiger partial charge in [-0.2, -0.15) is 0 Å². The van der Waals surface area contributed by atoms with Crippen molar-refractivity contribution in [2.75, 3.05) is 6.61 Å². The standard InChI is InChI=1S/C9H9NO6/c11-5-7-3-1-2-4-8(7)16-9(12)6-15-10(13)14/h1-5,13-14H,6H2. The molecule has 0 aliphatic rings. The van der Waals surface area contributed by atoms with E-state index in [1.807, 2.05) is 0 Å². The molecule has 1 aromatic carbocycles. The third-order valence-electron chi connectivity index (χ3n) is 1.57. The van der Waals surface area contributed by atoms with Gasteiger partial charge in [0.2, 0.25) is 0 Å². The fourth-order valence-electron chi connectivity index (χ4n) is 0.933. The fraction of sp³-hybridized carbons (Fsp3) is 0.111. The molecule has 0 atom stereocenters. The van der Waals surface area contributed by atoms with E-state index in [1.165, 1.54) is 12.1 Å². The van der Waals surface area contributed by atoms with E-state index in [9.17, 15) is 9.59 Å². The number of ether oxygens (including phenoxy) is 1. The van der Waals surface area contributed by atoms with Crippen LogP contribution in [-0.4, -0.2) is 34.7 Å². The maximum absolute atomic E-state index is 11.1. The molecule has 7 heteroatoms. The quantitative estimate of drug-likeness (QED) is 0.325. The molecule has 1 rings (SSSR count). The van der Waals surface area contributed by atoms with Crippen LogP contribution in [0.4, 0.5) is 0 Å². The SMILES string of the molecule is O=Cc1ccccc1OC(=O)CON(O)O. The number of aldehydes is 1. The summed E-state index contributed by atoms with van der Waals surface area (Å²) in [5.41, 5.74) is 0.209. The van der Waals surface area contributed by atoms with Crippen LogP contribution in [0.2, 0.25) is 0 Å². The summed E-state index contributed by atoms with van der Waals surface area (Å²) in [7, 11) is 0. The van der Waals surface area contributed by atoms with Crippen molar-refractivity contribution in [2.24, 2.45) is 0 Å². The summed E-state index contributed by atoms with van der Waals surface area (Å²) in [6.07, 6.45) is 0.536. The maximum atomic E-state index is 11.1. The molecular weight excluding hydrogens is 218 g/mol. The van der Waals surface area contributed by atoms with Crippen LogP contribution in [0.5, 0.6) is 5.75 Å². The Bertz CT molecular complexity index is 378. The zero-order chi connectivity index (χ0) is 12.0. The van der Waals surface area contributed by atoms with E-state index in [1.54, 1.807) is 12.1 Å². The van der Waals surface area contributed by atoms with E-state index in [0.717, 1.165) is 0 Å². The lowest BCUT2D eigenvalue weighted by Gasteiger charge is -2.07. The Kier molecular flexibility index (Phi) is 4.55. The minimum atomic E-state index is -0.873. The summed E-state index contributed by atoms with van der Waals surface area (Å²) in [6, 6.07) is 6.10. The Hall–Kier alpha value is -1.80. The van der Waals surface area contributed by atoms with Crippen LogP contribution in [-0.2, 0) is 9.63 Å². The number of nitrogens with zero attached hydrogens (tertiary/aromatic N) is 1. The molecule has 0 fully saturated rings. The topological polar surface area (TPSA) is 96.3 Å². The molecule has 0 aliphatic carbocycles. The van der Waals surface area contributed by atoms with Crippen molar-refractivity contribution in [3.63, 3.8) is 0 Å². The first-order valence-corrected chi connectivity index (χ1v) is 4.19. The fourth-order valence-corrected chi connectivity index (χ4v) is 0.933. The van der Waals surface area contributed by atoms with Gasteiger partial charge in [0, 0.05) is 0 Å². The van der Waals surface area contributed by atoms with Gasteiger partial charge >= 0.3 is 5.97 Å². The zero-order valence-electron chi connectivity index (χ0n) is 8.07. The number of para-hydroxylation sites is 1. The van der Waals surface area contributed by atoms with Crippen LogP contribution in [0.3, 0.4) is 0 Å². The van der Waals surface area contributed by atoms with Crippen LogP contribution in [0.25, 0.3) is 0 Å². The van der Waals surface area contributed by atoms with Crippen molar-refractivity contribution >= 4 is 12.3 Å². The van der Waals surface area contributed by atoms with Gasteiger partial charge in [0.05, 0.1) is 11.0 Å². The molecule has 0 spiro atoms. The highest BCUT2D eigenvalue weighted by Crippen LogP contribution is 2.15. The van der Waals surface area contributed by atoms with Gasteiger partial charge in [-0.25, -0.2) is 9.63 Å². The van der Waals surface area contributed by atoms with Gasteiger partial charge in [0.1, 0.15) is 5.75 Å². The first-order chi connectivity index (χ1) is 7.63. The van der Waals surface area contributed by atoms with E-state index < -0.39 is 18.0 Å². The molecule has 0 aromatic heterocycles. The molecule has 86 valence electrons. The van der Waals surface area contributed by atoms with Crippen molar-refractivity contribution in [3.05, 3.63) is 29.8 Å². The number of carbonyl (C=O) groups excluding carboxylic acids is 2. The van der Waals surface area contributed by atoms with Gasteiger partial charge in [-0.15, -0.1) is 0 Å². The first-order valence-electron chi connectivity index (χ1n) is 4.19. The van der Waals surface area contributed by atoms with E-state index in [-0.39, 0.29) is 11.3 Å². The second kappa shape index (κ2) is 5.93. The highest BCUT2D eigenvalue weighted by atomic mass is 17.1. The summed E-state index contributed by atoms with van der Waals surface area (Å²) < 4.78 is 4.74. The number of benzene rings is 1. The summed E-state index contributed by atoms with van der Waals surface area (Å²) >= 11 is 0. The van der Waals surface area contributed by atoms with Crippen LogP contribution >= 0.6 is 0 Å². The zero-order valence-corrected chi connectivity index (χ0v) is 8.07. The van der Waals surface area contributed by atoms with Gasteiger partial charge in [0.25, 0.3) is 0 Å². The minimum Gasteiger partial charge on any atom is -0.424 e.